The minimum Gasteiger partial charge on any atom is -0.376 e. The molecular weight excluding hydrogens is 289 g/mol. The molecule has 3 rings (SSSR count). The van der Waals surface area contributed by atoms with E-state index in [0.717, 1.165) is 19.4 Å². The van der Waals surface area contributed by atoms with Crippen molar-refractivity contribution in [2.24, 2.45) is 0 Å². The van der Waals surface area contributed by atoms with Crippen molar-refractivity contribution in [2.45, 2.75) is 25.5 Å². The number of tetrazole rings is 1. The van der Waals surface area contributed by atoms with Crippen molar-refractivity contribution in [3.8, 4) is 11.4 Å². The lowest BCUT2D eigenvalue weighted by atomic mass is 10.2. The lowest BCUT2D eigenvalue weighted by Crippen LogP contribution is -2.34. The lowest BCUT2D eigenvalue weighted by molar-refractivity contribution is -0.122. The van der Waals surface area contributed by atoms with E-state index in [1.165, 1.54) is 16.9 Å². The van der Waals surface area contributed by atoms with E-state index in [1.54, 1.807) is 12.1 Å². The van der Waals surface area contributed by atoms with Gasteiger partial charge in [-0.3, -0.25) is 4.79 Å². The first-order valence-corrected chi connectivity index (χ1v) is 7.13. The fourth-order valence-electron chi connectivity index (χ4n) is 2.27. The van der Waals surface area contributed by atoms with Crippen LogP contribution in [0.5, 0.6) is 0 Å². The van der Waals surface area contributed by atoms with E-state index in [9.17, 15) is 9.18 Å². The van der Waals surface area contributed by atoms with Crippen LogP contribution in [0.15, 0.2) is 24.3 Å². The Morgan fingerprint density at radius 1 is 1.50 bits per heavy atom. The molecule has 7 nitrogen and oxygen atoms in total. The van der Waals surface area contributed by atoms with Crippen molar-refractivity contribution in [3.05, 3.63) is 30.1 Å². The zero-order valence-electron chi connectivity index (χ0n) is 11.9. The Bertz CT molecular complexity index is 654. The van der Waals surface area contributed by atoms with Gasteiger partial charge in [-0.1, -0.05) is 12.1 Å². The Hall–Kier alpha value is -2.35. The first kappa shape index (κ1) is 14.6. The van der Waals surface area contributed by atoms with Crippen LogP contribution in [0, 0.1) is 5.82 Å². The summed E-state index contributed by atoms with van der Waals surface area (Å²) in [4.78, 5) is 13.0. The first-order chi connectivity index (χ1) is 10.7. The molecule has 1 atom stereocenters. The molecule has 0 bridgehead atoms. The predicted octanol–water partition coefficient (Wildman–Crippen LogP) is 0.774. The van der Waals surface area contributed by atoms with Crippen LogP contribution in [0.3, 0.4) is 0 Å². The molecule has 1 aliphatic heterocycles. The maximum absolute atomic E-state index is 13.2. The molecule has 0 aliphatic carbocycles. The molecular formula is C14H16FN5O2. The number of amides is 1. The zero-order chi connectivity index (χ0) is 15.4. The van der Waals surface area contributed by atoms with E-state index in [4.69, 9.17) is 4.74 Å². The van der Waals surface area contributed by atoms with Crippen molar-refractivity contribution in [2.75, 3.05) is 13.2 Å². The molecule has 1 N–H and O–H groups in total. The molecule has 116 valence electrons. The van der Waals surface area contributed by atoms with Crippen LogP contribution in [0.1, 0.15) is 12.8 Å². The highest BCUT2D eigenvalue weighted by molar-refractivity contribution is 5.75. The van der Waals surface area contributed by atoms with E-state index < -0.39 is 0 Å². The second kappa shape index (κ2) is 6.61. The normalized spacial score (nSPS) is 17.6. The number of halogens is 1. The van der Waals surface area contributed by atoms with Gasteiger partial charge in [0.15, 0.2) is 0 Å². The Labute approximate surface area is 126 Å². The molecule has 1 aromatic carbocycles. The molecule has 8 heteroatoms. The summed E-state index contributed by atoms with van der Waals surface area (Å²) >= 11 is 0. The van der Waals surface area contributed by atoms with E-state index in [-0.39, 0.29) is 30.2 Å². The van der Waals surface area contributed by atoms with Gasteiger partial charge in [0, 0.05) is 18.7 Å². The van der Waals surface area contributed by atoms with E-state index in [2.05, 4.69) is 20.7 Å². The first-order valence-electron chi connectivity index (χ1n) is 7.13. The standard InChI is InChI=1S/C14H16FN5O2/c15-11-4-1-3-10(7-11)14-17-19-20(18-14)9-13(21)16-8-12-5-2-6-22-12/h1,3-4,7,12H,2,5-6,8-9H2,(H,16,21)/t12-/m1/s1. The molecule has 22 heavy (non-hydrogen) atoms. The smallest absolute Gasteiger partial charge is 0.243 e. The van der Waals surface area contributed by atoms with Gasteiger partial charge in [-0.2, -0.15) is 4.80 Å². The number of rotatable bonds is 5. The Morgan fingerprint density at radius 2 is 2.41 bits per heavy atom. The van der Waals surface area contributed by atoms with Gasteiger partial charge in [0.1, 0.15) is 12.4 Å². The van der Waals surface area contributed by atoms with Crippen LogP contribution in [0.2, 0.25) is 0 Å². The monoisotopic (exact) mass is 305 g/mol. The highest BCUT2D eigenvalue weighted by Gasteiger charge is 2.16. The number of hydrogen-bond donors (Lipinski definition) is 1. The molecule has 2 aromatic rings. The fourth-order valence-corrected chi connectivity index (χ4v) is 2.27. The van der Waals surface area contributed by atoms with Gasteiger partial charge in [0.25, 0.3) is 0 Å². The minimum atomic E-state index is -0.372. The second-order valence-corrected chi connectivity index (χ2v) is 5.09. The predicted molar refractivity (Wildman–Crippen MR) is 75.2 cm³/mol. The molecule has 0 spiro atoms. The molecule has 0 radical (unpaired) electrons. The fraction of sp³-hybridized carbons (Fsp3) is 0.429. The minimum absolute atomic E-state index is 0.0327. The van der Waals surface area contributed by atoms with Gasteiger partial charge in [0.2, 0.25) is 11.7 Å². The summed E-state index contributed by atoms with van der Waals surface area (Å²) in [6.07, 6.45) is 2.09. The lowest BCUT2D eigenvalue weighted by Gasteiger charge is -2.10. The van der Waals surface area contributed by atoms with E-state index >= 15 is 0 Å². The zero-order valence-corrected chi connectivity index (χ0v) is 11.9. The topological polar surface area (TPSA) is 81.9 Å². The van der Waals surface area contributed by atoms with Crippen LogP contribution >= 0.6 is 0 Å². The number of nitrogens with zero attached hydrogens (tertiary/aromatic N) is 4. The summed E-state index contributed by atoms with van der Waals surface area (Å²) in [6.45, 7) is 1.21. The number of aromatic nitrogens is 4. The third-order valence-electron chi connectivity index (χ3n) is 3.37. The van der Waals surface area contributed by atoms with Crippen molar-refractivity contribution >= 4 is 5.91 Å². The van der Waals surface area contributed by atoms with E-state index in [0.29, 0.717) is 12.1 Å². The number of benzene rings is 1. The van der Waals surface area contributed by atoms with Crippen molar-refractivity contribution in [1.82, 2.24) is 25.5 Å². The largest absolute Gasteiger partial charge is 0.376 e. The average molecular weight is 305 g/mol. The highest BCUT2D eigenvalue weighted by Crippen LogP contribution is 2.14. The molecule has 1 aliphatic rings. The number of nitrogens with one attached hydrogen (secondary N) is 1. The van der Waals surface area contributed by atoms with Gasteiger partial charge < -0.3 is 10.1 Å². The quantitative estimate of drug-likeness (QED) is 0.882. The molecule has 1 amide bonds. The van der Waals surface area contributed by atoms with Crippen molar-refractivity contribution < 1.29 is 13.9 Å². The maximum atomic E-state index is 13.2. The summed E-state index contributed by atoms with van der Waals surface area (Å²) < 4.78 is 18.6. The van der Waals surface area contributed by atoms with Crippen LogP contribution in [-0.2, 0) is 16.1 Å². The Balaban J connectivity index is 1.55. The molecule has 1 aromatic heterocycles. The van der Waals surface area contributed by atoms with Crippen LogP contribution in [0.25, 0.3) is 11.4 Å². The average Bonchev–Trinajstić information content (AvgIpc) is 3.16. The van der Waals surface area contributed by atoms with Crippen molar-refractivity contribution in [3.63, 3.8) is 0 Å². The number of hydrogen-bond acceptors (Lipinski definition) is 5. The number of carbonyl (C=O) groups is 1. The third kappa shape index (κ3) is 3.64. The van der Waals surface area contributed by atoms with Crippen LogP contribution in [0.4, 0.5) is 4.39 Å². The van der Waals surface area contributed by atoms with Crippen LogP contribution in [-0.4, -0.2) is 45.4 Å². The van der Waals surface area contributed by atoms with E-state index in [1.807, 2.05) is 0 Å². The van der Waals surface area contributed by atoms with Crippen molar-refractivity contribution in [1.29, 1.82) is 0 Å². The molecule has 1 fully saturated rings. The highest BCUT2D eigenvalue weighted by atomic mass is 19.1. The van der Waals surface area contributed by atoms with Gasteiger partial charge >= 0.3 is 0 Å². The third-order valence-corrected chi connectivity index (χ3v) is 3.37. The van der Waals surface area contributed by atoms with Gasteiger partial charge in [-0.15, -0.1) is 10.2 Å². The number of ether oxygens (including phenoxy) is 1. The second-order valence-electron chi connectivity index (χ2n) is 5.09. The Kier molecular flexibility index (Phi) is 4.38. The summed E-state index contributed by atoms with van der Waals surface area (Å²) in [5.41, 5.74) is 0.519. The summed E-state index contributed by atoms with van der Waals surface area (Å²) in [5, 5.41) is 14.5. The van der Waals surface area contributed by atoms with Gasteiger partial charge in [-0.05, 0) is 30.2 Å². The Morgan fingerprint density at radius 3 is 3.18 bits per heavy atom. The van der Waals surface area contributed by atoms with Crippen LogP contribution < -0.4 is 5.32 Å². The number of carbonyl (C=O) groups excluding carboxylic acids is 1. The summed E-state index contributed by atoms with van der Waals surface area (Å²) in [6, 6.07) is 5.91. The summed E-state index contributed by atoms with van der Waals surface area (Å²) in [7, 11) is 0. The molecule has 1 saturated heterocycles. The SMILES string of the molecule is O=C(Cn1nnc(-c2cccc(F)c2)n1)NC[C@H]1CCCO1. The van der Waals surface area contributed by atoms with Gasteiger partial charge in [0.05, 0.1) is 6.10 Å². The molecule has 0 unspecified atom stereocenters. The summed E-state index contributed by atoms with van der Waals surface area (Å²) in [5.74, 6) is -0.298. The van der Waals surface area contributed by atoms with Gasteiger partial charge in [-0.25, -0.2) is 4.39 Å². The molecule has 2 heterocycles. The maximum Gasteiger partial charge on any atom is 0.243 e. The molecule has 0 saturated carbocycles.